The van der Waals surface area contributed by atoms with Crippen LogP contribution >= 0.6 is 0 Å². The summed E-state index contributed by atoms with van der Waals surface area (Å²) in [7, 11) is 1.75. The van der Waals surface area contributed by atoms with Gasteiger partial charge in [0.1, 0.15) is 0 Å². The Balaban J connectivity index is 1.70. The number of nitrogens with zero attached hydrogens (tertiary/aromatic N) is 2. The first-order valence-electron chi connectivity index (χ1n) is 9.77. The predicted molar refractivity (Wildman–Crippen MR) is 106 cm³/mol. The Morgan fingerprint density at radius 2 is 1.70 bits per heavy atom. The molecule has 1 heterocycles. The number of rotatable bonds is 0. The molecule has 0 bridgehead atoms. The molecule has 2 aromatic rings. The van der Waals surface area contributed by atoms with Crippen molar-refractivity contribution in [3.8, 4) is 0 Å². The fourth-order valence-corrected chi connectivity index (χ4v) is 5.58. The van der Waals surface area contributed by atoms with Crippen LogP contribution in [0, 0.1) is 12.3 Å². The molecule has 1 amide bonds. The SMILES string of the molecule is Cc1ccc2c(c1)C1(N=C(N)N(C)C1=O)C1(CCc3ccccc3CC1)C2. The van der Waals surface area contributed by atoms with Crippen LogP contribution in [-0.4, -0.2) is 23.8 Å². The predicted octanol–water partition coefficient (Wildman–Crippen LogP) is 3.10. The molecule has 0 aromatic heterocycles. The molecule has 2 spiro atoms. The van der Waals surface area contributed by atoms with E-state index in [1.165, 1.54) is 22.3 Å². The molecule has 138 valence electrons. The van der Waals surface area contributed by atoms with E-state index in [4.69, 9.17) is 10.7 Å². The minimum atomic E-state index is -0.866. The van der Waals surface area contributed by atoms with E-state index in [2.05, 4.69) is 49.4 Å². The average molecular weight is 359 g/mol. The van der Waals surface area contributed by atoms with E-state index in [9.17, 15) is 4.79 Å². The highest BCUT2D eigenvalue weighted by atomic mass is 16.2. The quantitative estimate of drug-likeness (QED) is 0.786. The van der Waals surface area contributed by atoms with E-state index in [-0.39, 0.29) is 11.3 Å². The van der Waals surface area contributed by atoms with E-state index in [1.54, 1.807) is 11.9 Å². The first-order chi connectivity index (χ1) is 13.0. The van der Waals surface area contributed by atoms with Crippen LogP contribution in [0.4, 0.5) is 0 Å². The van der Waals surface area contributed by atoms with Gasteiger partial charge in [-0.25, -0.2) is 4.99 Å². The largest absolute Gasteiger partial charge is 0.369 e. The summed E-state index contributed by atoms with van der Waals surface area (Å²) in [4.78, 5) is 20.1. The lowest BCUT2D eigenvalue weighted by Gasteiger charge is -2.40. The number of amides is 1. The third-order valence-electron chi connectivity index (χ3n) is 7.06. The van der Waals surface area contributed by atoms with Crippen molar-refractivity contribution in [1.29, 1.82) is 0 Å². The number of likely N-dealkylation sites (N-methyl/N-ethyl adjacent to an activating group) is 1. The molecule has 2 aliphatic carbocycles. The van der Waals surface area contributed by atoms with Crippen LogP contribution in [0.1, 0.15) is 40.7 Å². The van der Waals surface area contributed by atoms with Gasteiger partial charge in [0, 0.05) is 12.5 Å². The van der Waals surface area contributed by atoms with Crippen molar-refractivity contribution >= 4 is 11.9 Å². The van der Waals surface area contributed by atoms with Crippen LogP contribution in [-0.2, 0) is 29.6 Å². The van der Waals surface area contributed by atoms with Gasteiger partial charge in [-0.1, -0.05) is 48.0 Å². The van der Waals surface area contributed by atoms with Gasteiger partial charge in [-0.15, -0.1) is 0 Å². The summed E-state index contributed by atoms with van der Waals surface area (Å²) >= 11 is 0. The summed E-state index contributed by atoms with van der Waals surface area (Å²) in [6.45, 7) is 2.08. The number of nitrogens with two attached hydrogens (primary N) is 1. The Morgan fingerprint density at radius 3 is 2.30 bits per heavy atom. The first kappa shape index (κ1) is 16.5. The number of carbonyl (C=O) groups is 1. The van der Waals surface area contributed by atoms with Crippen LogP contribution in [0.3, 0.4) is 0 Å². The maximum absolute atomic E-state index is 13.6. The molecule has 0 saturated carbocycles. The Morgan fingerprint density at radius 1 is 1.04 bits per heavy atom. The smallest absolute Gasteiger partial charge is 0.262 e. The number of hydrogen-bond donors (Lipinski definition) is 1. The lowest BCUT2D eigenvalue weighted by atomic mass is 9.65. The molecule has 4 heteroatoms. The molecule has 1 aliphatic heterocycles. The van der Waals surface area contributed by atoms with Crippen LogP contribution in [0.2, 0.25) is 0 Å². The second-order valence-electron chi connectivity index (χ2n) is 8.43. The monoisotopic (exact) mass is 359 g/mol. The molecule has 2 aromatic carbocycles. The van der Waals surface area contributed by atoms with Gasteiger partial charge in [0.05, 0.1) is 0 Å². The molecule has 5 rings (SSSR count). The zero-order valence-electron chi connectivity index (χ0n) is 16.0. The van der Waals surface area contributed by atoms with Crippen molar-refractivity contribution in [2.75, 3.05) is 7.05 Å². The lowest BCUT2D eigenvalue weighted by Crippen LogP contribution is -2.49. The van der Waals surface area contributed by atoms with Crippen LogP contribution in [0.15, 0.2) is 47.5 Å². The summed E-state index contributed by atoms with van der Waals surface area (Å²) in [5.74, 6) is 0.380. The number of guanidine groups is 1. The van der Waals surface area contributed by atoms with E-state index in [0.717, 1.165) is 37.7 Å². The highest BCUT2D eigenvalue weighted by molar-refractivity contribution is 6.08. The summed E-state index contributed by atoms with van der Waals surface area (Å²) in [5.41, 5.74) is 11.4. The van der Waals surface area contributed by atoms with Crippen molar-refractivity contribution in [3.05, 3.63) is 70.3 Å². The Kier molecular flexibility index (Phi) is 3.34. The normalized spacial score (nSPS) is 25.5. The zero-order valence-corrected chi connectivity index (χ0v) is 16.0. The van der Waals surface area contributed by atoms with Gasteiger partial charge < -0.3 is 5.73 Å². The Bertz CT molecular complexity index is 966. The number of aliphatic imine (C=N–C) groups is 1. The molecule has 1 unspecified atom stereocenters. The Labute approximate surface area is 160 Å². The van der Waals surface area contributed by atoms with Crippen molar-refractivity contribution in [1.82, 2.24) is 4.90 Å². The summed E-state index contributed by atoms with van der Waals surface area (Å²) < 4.78 is 0. The maximum atomic E-state index is 13.6. The number of carbonyl (C=O) groups excluding carboxylic acids is 1. The molecule has 27 heavy (non-hydrogen) atoms. The number of aryl methyl sites for hydroxylation is 3. The lowest BCUT2D eigenvalue weighted by molar-refractivity contribution is -0.135. The van der Waals surface area contributed by atoms with Gasteiger partial charge in [-0.05, 0) is 61.3 Å². The molecule has 0 saturated heterocycles. The van der Waals surface area contributed by atoms with Crippen molar-refractivity contribution in [2.45, 2.75) is 44.6 Å². The second-order valence-corrected chi connectivity index (χ2v) is 8.43. The summed E-state index contributed by atoms with van der Waals surface area (Å²) in [6.07, 6.45) is 4.77. The van der Waals surface area contributed by atoms with Gasteiger partial charge in [0.15, 0.2) is 11.5 Å². The zero-order chi connectivity index (χ0) is 18.8. The number of fused-ring (bicyclic) bond motifs is 4. The van der Waals surface area contributed by atoms with Crippen LogP contribution in [0.25, 0.3) is 0 Å². The van der Waals surface area contributed by atoms with Gasteiger partial charge in [0.2, 0.25) is 0 Å². The molecule has 4 nitrogen and oxygen atoms in total. The van der Waals surface area contributed by atoms with Gasteiger partial charge in [-0.3, -0.25) is 9.69 Å². The standard InChI is InChI=1S/C23H25N3O/c1-15-7-8-18-14-22(11-9-16-5-3-4-6-17(16)10-12-22)23(19(18)13-15)20(27)26(2)21(24)25-23/h3-8,13H,9-12,14H2,1-2H3,(H2,24,25). The summed E-state index contributed by atoms with van der Waals surface area (Å²) in [6, 6.07) is 15.2. The van der Waals surface area contributed by atoms with Crippen molar-refractivity contribution in [2.24, 2.45) is 16.1 Å². The van der Waals surface area contributed by atoms with Gasteiger partial charge in [-0.2, -0.15) is 0 Å². The molecule has 1 atom stereocenters. The van der Waals surface area contributed by atoms with Crippen LogP contribution < -0.4 is 5.73 Å². The molecule has 0 radical (unpaired) electrons. The fourth-order valence-electron chi connectivity index (χ4n) is 5.58. The summed E-state index contributed by atoms with van der Waals surface area (Å²) in [5, 5.41) is 0. The van der Waals surface area contributed by atoms with E-state index in [0.29, 0.717) is 5.96 Å². The Hall–Kier alpha value is -2.62. The van der Waals surface area contributed by atoms with Gasteiger partial charge in [0.25, 0.3) is 5.91 Å². The van der Waals surface area contributed by atoms with Crippen LogP contribution in [0.5, 0.6) is 0 Å². The molecule has 2 N–H and O–H groups in total. The third-order valence-corrected chi connectivity index (χ3v) is 7.06. The van der Waals surface area contributed by atoms with E-state index < -0.39 is 5.54 Å². The number of benzene rings is 2. The fraction of sp³-hybridized carbons (Fsp3) is 0.391. The molecular formula is C23H25N3O. The minimum absolute atomic E-state index is 0.0373. The highest BCUT2D eigenvalue weighted by Gasteiger charge is 2.65. The van der Waals surface area contributed by atoms with E-state index in [1.807, 2.05) is 0 Å². The minimum Gasteiger partial charge on any atom is -0.369 e. The molecule has 3 aliphatic rings. The first-order valence-corrected chi connectivity index (χ1v) is 9.77. The molecule has 0 fully saturated rings. The van der Waals surface area contributed by atoms with E-state index >= 15 is 0 Å². The maximum Gasteiger partial charge on any atom is 0.262 e. The van der Waals surface area contributed by atoms with Gasteiger partial charge >= 0.3 is 0 Å². The molecular weight excluding hydrogens is 334 g/mol. The average Bonchev–Trinajstić information content (AvgIpc) is 2.96. The topological polar surface area (TPSA) is 58.7 Å². The van der Waals surface area contributed by atoms with Crippen molar-refractivity contribution < 1.29 is 4.79 Å². The number of hydrogen-bond acceptors (Lipinski definition) is 3. The highest BCUT2D eigenvalue weighted by Crippen LogP contribution is 2.60. The third kappa shape index (κ3) is 2.04. The second kappa shape index (κ2) is 5.44. The van der Waals surface area contributed by atoms with Crippen molar-refractivity contribution in [3.63, 3.8) is 0 Å².